The second-order valence-corrected chi connectivity index (χ2v) is 4.99. The Morgan fingerprint density at radius 2 is 2.12 bits per heavy atom. The van der Waals surface area contributed by atoms with Gasteiger partial charge in [-0.2, -0.15) is 0 Å². The van der Waals surface area contributed by atoms with Gasteiger partial charge in [0.1, 0.15) is 0 Å². The Morgan fingerprint density at radius 1 is 1.38 bits per heavy atom. The van der Waals surface area contributed by atoms with Crippen molar-refractivity contribution in [1.29, 1.82) is 0 Å². The van der Waals surface area contributed by atoms with Gasteiger partial charge >= 0.3 is 0 Å². The average Bonchev–Trinajstić information content (AvgIpc) is 2.36. The number of fused-ring (bicyclic) bond motifs is 3. The Hall–Kier alpha value is -0.380. The summed E-state index contributed by atoms with van der Waals surface area (Å²) in [7, 11) is 0. The predicted molar refractivity (Wildman–Crippen MR) is 68.7 cm³/mol. The van der Waals surface area contributed by atoms with Crippen LogP contribution in [-0.2, 0) is 0 Å². The van der Waals surface area contributed by atoms with E-state index in [0.717, 1.165) is 13.0 Å². The highest BCUT2D eigenvalue weighted by atomic mass is 15.4. The fraction of sp³-hybridized carbons (Fsp3) is 0.846. The highest BCUT2D eigenvalue weighted by Gasteiger charge is 2.35. The SMILES string of the molecule is C=CCC(NCCC)C1CN2CCN1CC2. The van der Waals surface area contributed by atoms with Crippen LogP contribution < -0.4 is 5.32 Å². The van der Waals surface area contributed by atoms with E-state index in [1.54, 1.807) is 0 Å². The van der Waals surface area contributed by atoms with E-state index < -0.39 is 0 Å². The largest absolute Gasteiger partial charge is 0.312 e. The van der Waals surface area contributed by atoms with E-state index in [4.69, 9.17) is 0 Å². The first kappa shape index (κ1) is 12.1. The molecule has 0 aliphatic carbocycles. The highest BCUT2D eigenvalue weighted by Crippen LogP contribution is 2.19. The first-order chi connectivity index (χ1) is 7.85. The fourth-order valence-electron chi connectivity index (χ4n) is 2.93. The van der Waals surface area contributed by atoms with Gasteiger partial charge in [-0.3, -0.25) is 9.80 Å². The second-order valence-electron chi connectivity index (χ2n) is 4.99. The second kappa shape index (κ2) is 5.80. The summed E-state index contributed by atoms with van der Waals surface area (Å²) in [5.41, 5.74) is 0. The number of rotatable bonds is 6. The lowest BCUT2D eigenvalue weighted by Crippen LogP contribution is -2.66. The van der Waals surface area contributed by atoms with Gasteiger partial charge in [-0.15, -0.1) is 6.58 Å². The molecule has 3 heteroatoms. The van der Waals surface area contributed by atoms with Gasteiger partial charge in [-0.1, -0.05) is 13.0 Å². The van der Waals surface area contributed by atoms with Gasteiger partial charge < -0.3 is 5.32 Å². The summed E-state index contributed by atoms with van der Waals surface area (Å²) in [6, 6.07) is 1.30. The molecule has 0 aromatic heterocycles. The highest BCUT2D eigenvalue weighted by molar-refractivity contribution is 4.97. The maximum absolute atomic E-state index is 3.89. The molecule has 2 atom stereocenters. The van der Waals surface area contributed by atoms with Crippen LogP contribution in [0, 0.1) is 0 Å². The maximum atomic E-state index is 3.89. The molecule has 3 aliphatic heterocycles. The smallest absolute Gasteiger partial charge is 0.0380 e. The molecule has 3 rings (SSSR count). The first-order valence-corrected chi connectivity index (χ1v) is 6.65. The maximum Gasteiger partial charge on any atom is 0.0380 e. The van der Waals surface area contributed by atoms with Crippen LogP contribution in [-0.4, -0.2) is 61.2 Å². The molecule has 0 aromatic rings. The number of piperazine rings is 3. The van der Waals surface area contributed by atoms with Crippen molar-refractivity contribution >= 4 is 0 Å². The van der Waals surface area contributed by atoms with E-state index >= 15 is 0 Å². The molecular weight excluding hydrogens is 198 g/mol. The summed E-state index contributed by atoms with van der Waals surface area (Å²) < 4.78 is 0. The van der Waals surface area contributed by atoms with E-state index in [2.05, 4.69) is 34.7 Å². The Balaban J connectivity index is 1.93. The van der Waals surface area contributed by atoms with Crippen molar-refractivity contribution in [2.24, 2.45) is 0 Å². The topological polar surface area (TPSA) is 18.5 Å². The predicted octanol–water partition coefficient (Wildman–Crippen LogP) is 0.930. The van der Waals surface area contributed by atoms with E-state index in [9.17, 15) is 0 Å². The third-order valence-electron chi connectivity index (χ3n) is 3.86. The van der Waals surface area contributed by atoms with Crippen molar-refractivity contribution < 1.29 is 0 Å². The Labute approximate surface area is 99.5 Å². The summed E-state index contributed by atoms with van der Waals surface area (Å²) in [4.78, 5) is 5.27. The van der Waals surface area contributed by atoms with Gasteiger partial charge in [0, 0.05) is 44.8 Å². The summed E-state index contributed by atoms with van der Waals surface area (Å²) in [6.45, 7) is 13.5. The normalized spacial score (nSPS) is 34.9. The third kappa shape index (κ3) is 2.65. The van der Waals surface area contributed by atoms with Crippen molar-refractivity contribution in [2.75, 3.05) is 39.3 Å². The molecule has 0 radical (unpaired) electrons. The van der Waals surface area contributed by atoms with Crippen molar-refractivity contribution in [3.8, 4) is 0 Å². The van der Waals surface area contributed by atoms with Crippen LogP contribution in [0.3, 0.4) is 0 Å². The van der Waals surface area contributed by atoms with Crippen LogP contribution in [0.1, 0.15) is 19.8 Å². The number of hydrogen-bond donors (Lipinski definition) is 1. The van der Waals surface area contributed by atoms with Crippen LogP contribution in [0.15, 0.2) is 12.7 Å². The quantitative estimate of drug-likeness (QED) is 0.676. The van der Waals surface area contributed by atoms with Gasteiger partial charge in [0.15, 0.2) is 0 Å². The summed E-state index contributed by atoms with van der Waals surface area (Å²) in [6.07, 6.45) is 4.37. The molecule has 0 saturated carbocycles. The van der Waals surface area contributed by atoms with Gasteiger partial charge in [0.25, 0.3) is 0 Å². The summed E-state index contributed by atoms with van der Waals surface area (Å²) in [5, 5.41) is 3.69. The van der Waals surface area contributed by atoms with Crippen molar-refractivity contribution in [3.05, 3.63) is 12.7 Å². The van der Waals surface area contributed by atoms with Crippen molar-refractivity contribution in [2.45, 2.75) is 31.8 Å². The Kier molecular flexibility index (Phi) is 4.38. The fourth-order valence-corrected chi connectivity index (χ4v) is 2.93. The molecule has 0 aromatic carbocycles. The van der Waals surface area contributed by atoms with E-state index in [1.807, 2.05) is 0 Å². The zero-order chi connectivity index (χ0) is 11.4. The molecule has 3 heterocycles. The van der Waals surface area contributed by atoms with Crippen LogP contribution in [0.4, 0.5) is 0 Å². The zero-order valence-electron chi connectivity index (χ0n) is 10.5. The summed E-state index contributed by atoms with van der Waals surface area (Å²) in [5.74, 6) is 0. The monoisotopic (exact) mass is 223 g/mol. The molecule has 0 spiro atoms. The number of hydrogen-bond acceptors (Lipinski definition) is 3. The summed E-state index contributed by atoms with van der Waals surface area (Å²) >= 11 is 0. The molecule has 3 aliphatic rings. The third-order valence-corrected chi connectivity index (χ3v) is 3.86. The molecular formula is C13H25N3. The van der Waals surface area contributed by atoms with Gasteiger partial charge in [0.05, 0.1) is 0 Å². The van der Waals surface area contributed by atoms with E-state index in [-0.39, 0.29) is 0 Å². The standard InChI is InChI=1S/C13H25N3/c1-3-5-12(14-6-4-2)13-11-15-7-9-16(13)10-8-15/h3,12-14H,1,4-11H2,2H3. The Bertz CT molecular complexity index is 221. The lowest BCUT2D eigenvalue weighted by Gasteiger charge is -2.50. The minimum absolute atomic E-state index is 0.598. The minimum Gasteiger partial charge on any atom is -0.312 e. The number of nitrogens with one attached hydrogen (secondary N) is 1. The molecule has 16 heavy (non-hydrogen) atoms. The molecule has 3 fully saturated rings. The molecule has 1 N–H and O–H groups in total. The lowest BCUT2D eigenvalue weighted by molar-refractivity contribution is -0.00269. The first-order valence-electron chi connectivity index (χ1n) is 6.65. The van der Waals surface area contributed by atoms with Crippen molar-refractivity contribution in [1.82, 2.24) is 15.1 Å². The van der Waals surface area contributed by atoms with Crippen LogP contribution in [0.2, 0.25) is 0 Å². The average molecular weight is 223 g/mol. The van der Waals surface area contributed by atoms with Gasteiger partial charge in [-0.05, 0) is 19.4 Å². The zero-order valence-corrected chi connectivity index (χ0v) is 10.5. The minimum atomic E-state index is 0.598. The molecule has 3 saturated heterocycles. The number of nitrogens with zero attached hydrogens (tertiary/aromatic N) is 2. The molecule has 2 bridgehead atoms. The molecule has 92 valence electrons. The molecule has 3 nitrogen and oxygen atoms in total. The van der Waals surface area contributed by atoms with Gasteiger partial charge in [0.2, 0.25) is 0 Å². The van der Waals surface area contributed by atoms with Gasteiger partial charge in [-0.25, -0.2) is 0 Å². The molecule has 2 unspecified atom stereocenters. The van der Waals surface area contributed by atoms with Crippen LogP contribution >= 0.6 is 0 Å². The van der Waals surface area contributed by atoms with E-state index in [1.165, 1.54) is 39.1 Å². The molecule has 0 amide bonds. The Morgan fingerprint density at radius 3 is 2.62 bits per heavy atom. The van der Waals surface area contributed by atoms with Crippen molar-refractivity contribution in [3.63, 3.8) is 0 Å². The van der Waals surface area contributed by atoms with Crippen LogP contribution in [0.25, 0.3) is 0 Å². The van der Waals surface area contributed by atoms with E-state index in [0.29, 0.717) is 12.1 Å². The lowest BCUT2D eigenvalue weighted by atomic mass is 9.97. The van der Waals surface area contributed by atoms with Crippen LogP contribution in [0.5, 0.6) is 0 Å².